The summed E-state index contributed by atoms with van der Waals surface area (Å²) in [7, 11) is 0. The number of carbonyl (C=O) groups excluding carboxylic acids is 1. The second-order valence-electron chi connectivity index (χ2n) is 6.58. The summed E-state index contributed by atoms with van der Waals surface area (Å²) < 4.78 is 5.31. The summed E-state index contributed by atoms with van der Waals surface area (Å²) in [6.45, 7) is 4.90. The van der Waals surface area contributed by atoms with Gasteiger partial charge in [-0.25, -0.2) is 0 Å². The quantitative estimate of drug-likeness (QED) is 0.433. The van der Waals surface area contributed by atoms with Crippen molar-refractivity contribution in [3.8, 4) is 11.8 Å². The Balaban J connectivity index is 1.58. The molecule has 0 aromatic heterocycles. The number of amidine groups is 1. The number of amides is 1. The Morgan fingerprint density at radius 1 is 1.21 bits per heavy atom. The normalized spacial score (nSPS) is 13.4. The minimum atomic E-state index is 0.0518. The van der Waals surface area contributed by atoms with Gasteiger partial charge in [0.25, 0.3) is 5.91 Å². The third-order valence-electron chi connectivity index (χ3n) is 4.56. The average molecular weight is 376 g/mol. The zero-order valence-electron chi connectivity index (χ0n) is 15.9. The number of hydrogen-bond donors (Lipinski definition) is 3. The molecule has 28 heavy (non-hydrogen) atoms. The van der Waals surface area contributed by atoms with Crippen LogP contribution in [0.1, 0.15) is 27.0 Å². The van der Waals surface area contributed by atoms with Gasteiger partial charge in [0.15, 0.2) is 0 Å². The number of carbonyl (C=O) groups is 1. The van der Waals surface area contributed by atoms with E-state index in [1.54, 1.807) is 12.1 Å². The summed E-state index contributed by atoms with van der Waals surface area (Å²) in [4.78, 5) is 14.5. The van der Waals surface area contributed by atoms with Crippen LogP contribution in [0.4, 0.5) is 5.69 Å². The molecule has 1 amide bonds. The predicted octanol–water partition coefficient (Wildman–Crippen LogP) is 2.22. The number of hydrogen-bond acceptors (Lipinski definition) is 4. The second kappa shape index (κ2) is 9.07. The molecule has 1 saturated heterocycles. The number of rotatable bonds is 4. The molecular formula is C22H24N4O2. The van der Waals surface area contributed by atoms with E-state index in [-0.39, 0.29) is 11.7 Å². The Morgan fingerprint density at radius 3 is 2.57 bits per heavy atom. The highest BCUT2D eigenvalue weighted by Crippen LogP contribution is 2.14. The fourth-order valence-corrected chi connectivity index (χ4v) is 2.98. The van der Waals surface area contributed by atoms with E-state index >= 15 is 0 Å². The Kier molecular flexibility index (Phi) is 6.30. The molecule has 0 unspecified atom stereocenters. The van der Waals surface area contributed by atoms with E-state index in [0.717, 1.165) is 22.4 Å². The van der Waals surface area contributed by atoms with E-state index in [1.165, 1.54) is 0 Å². The van der Waals surface area contributed by atoms with Crippen molar-refractivity contribution in [1.82, 2.24) is 4.90 Å². The lowest BCUT2D eigenvalue weighted by molar-refractivity contribution is 0.0302. The van der Waals surface area contributed by atoms with Crippen molar-refractivity contribution in [2.45, 2.75) is 6.92 Å². The van der Waals surface area contributed by atoms with Crippen LogP contribution in [0.15, 0.2) is 42.5 Å². The van der Waals surface area contributed by atoms with Gasteiger partial charge in [0.2, 0.25) is 0 Å². The van der Waals surface area contributed by atoms with E-state index in [0.29, 0.717) is 38.4 Å². The maximum atomic E-state index is 12.6. The van der Waals surface area contributed by atoms with Crippen molar-refractivity contribution in [3.05, 3.63) is 64.7 Å². The number of aryl methyl sites for hydroxylation is 1. The van der Waals surface area contributed by atoms with Crippen LogP contribution in [-0.4, -0.2) is 49.5 Å². The SMILES string of the molecule is Cc1cc(C#CCNc2ccc(C(=N)N)cc2)ccc1C(=O)N1CCOCC1. The molecule has 144 valence electrons. The first-order chi connectivity index (χ1) is 13.5. The largest absolute Gasteiger partial charge is 0.384 e. The van der Waals surface area contributed by atoms with Gasteiger partial charge in [-0.05, 0) is 55.0 Å². The van der Waals surface area contributed by atoms with Crippen LogP contribution in [-0.2, 0) is 4.74 Å². The van der Waals surface area contributed by atoms with E-state index in [1.807, 2.05) is 42.2 Å². The molecule has 1 fully saturated rings. The molecule has 0 atom stereocenters. The molecule has 4 N–H and O–H groups in total. The lowest BCUT2D eigenvalue weighted by Gasteiger charge is -2.27. The zero-order chi connectivity index (χ0) is 19.9. The number of nitrogens with one attached hydrogen (secondary N) is 2. The highest BCUT2D eigenvalue weighted by atomic mass is 16.5. The van der Waals surface area contributed by atoms with Gasteiger partial charge in [-0.3, -0.25) is 10.2 Å². The molecule has 6 heteroatoms. The Labute approximate surface area is 165 Å². The van der Waals surface area contributed by atoms with Crippen LogP contribution in [0.5, 0.6) is 0 Å². The highest BCUT2D eigenvalue weighted by Gasteiger charge is 2.19. The maximum absolute atomic E-state index is 12.6. The number of morpholine rings is 1. The molecule has 0 radical (unpaired) electrons. The van der Waals surface area contributed by atoms with E-state index in [2.05, 4.69) is 17.2 Å². The molecule has 2 aromatic rings. The topological polar surface area (TPSA) is 91.4 Å². The lowest BCUT2D eigenvalue weighted by atomic mass is 10.0. The number of nitrogens with zero attached hydrogens (tertiary/aromatic N) is 1. The van der Waals surface area contributed by atoms with Crippen molar-refractivity contribution in [1.29, 1.82) is 5.41 Å². The number of nitrogens with two attached hydrogens (primary N) is 1. The van der Waals surface area contributed by atoms with E-state index in [9.17, 15) is 4.79 Å². The minimum Gasteiger partial charge on any atom is -0.384 e. The fraction of sp³-hybridized carbons (Fsp3) is 0.273. The molecule has 3 rings (SSSR count). The molecular weight excluding hydrogens is 352 g/mol. The monoisotopic (exact) mass is 376 g/mol. The van der Waals surface area contributed by atoms with Gasteiger partial charge in [0.05, 0.1) is 19.8 Å². The van der Waals surface area contributed by atoms with Gasteiger partial charge < -0.3 is 20.7 Å². The van der Waals surface area contributed by atoms with Gasteiger partial charge in [-0.15, -0.1) is 0 Å². The van der Waals surface area contributed by atoms with Crippen LogP contribution in [0.3, 0.4) is 0 Å². The zero-order valence-corrected chi connectivity index (χ0v) is 15.9. The Bertz CT molecular complexity index is 920. The standard InChI is InChI=1S/C22H24N4O2/c1-16-15-17(4-9-20(16)22(27)26-11-13-28-14-12-26)3-2-10-25-19-7-5-18(6-8-19)21(23)24/h4-9,15,25H,10-14H2,1H3,(H3,23,24). The van der Waals surface area contributed by atoms with Gasteiger partial charge in [-0.2, -0.15) is 0 Å². The van der Waals surface area contributed by atoms with Crippen molar-refractivity contribution >= 4 is 17.4 Å². The number of ether oxygens (including phenoxy) is 1. The number of benzene rings is 2. The first-order valence-electron chi connectivity index (χ1n) is 9.19. The fourth-order valence-electron chi connectivity index (χ4n) is 2.98. The third-order valence-corrected chi connectivity index (χ3v) is 4.56. The minimum absolute atomic E-state index is 0.0518. The number of anilines is 1. The molecule has 2 aromatic carbocycles. The van der Waals surface area contributed by atoms with Crippen molar-refractivity contribution in [2.24, 2.45) is 5.73 Å². The third kappa shape index (κ3) is 4.90. The summed E-state index contributed by atoms with van der Waals surface area (Å²) in [5.41, 5.74) is 9.58. The van der Waals surface area contributed by atoms with Crippen LogP contribution < -0.4 is 11.1 Å². The summed E-state index contributed by atoms with van der Waals surface area (Å²) in [6.07, 6.45) is 0. The Morgan fingerprint density at radius 2 is 1.93 bits per heavy atom. The summed E-state index contributed by atoms with van der Waals surface area (Å²) in [6, 6.07) is 13.0. The molecule has 0 bridgehead atoms. The first-order valence-corrected chi connectivity index (χ1v) is 9.19. The highest BCUT2D eigenvalue weighted by molar-refractivity contribution is 5.96. The smallest absolute Gasteiger partial charge is 0.254 e. The van der Waals surface area contributed by atoms with Gasteiger partial charge in [0, 0.05) is 35.5 Å². The van der Waals surface area contributed by atoms with Crippen LogP contribution in [0.25, 0.3) is 0 Å². The van der Waals surface area contributed by atoms with E-state index in [4.69, 9.17) is 15.9 Å². The summed E-state index contributed by atoms with van der Waals surface area (Å²) >= 11 is 0. The van der Waals surface area contributed by atoms with Crippen LogP contribution >= 0.6 is 0 Å². The summed E-state index contributed by atoms with van der Waals surface area (Å²) in [5.74, 6) is 6.31. The van der Waals surface area contributed by atoms with Gasteiger partial charge in [0.1, 0.15) is 5.84 Å². The van der Waals surface area contributed by atoms with Crippen molar-refractivity contribution in [3.63, 3.8) is 0 Å². The van der Waals surface area contributed by atoms with Crippen LogP contribution in [0.2, 0.25) is 0 Å². The number of nitrogen functional groups attached to an aromatic ring is 1. The molecule has 0 aliphatic carbocycles. The molecule has 0 spiro atoms. The van der Waals surface area contributed by atoms with Crippen LogP contribution in [0, 0.1) is 24.2 Å². The van der Waals surface area contributed by atoms with E-state index < -0.39 is 0 Å². The van der Waals surface area contributed by atoms with Crippen molar-refractivity contribution < 1.29 is 9.53 Å². The summed E-state index contributed by atoms with van der Waals surface area (Å²) in [5, 5.41) is 10.6. The molecule has 0 saturated carbocycles. The lowest BCUT2D eigenvalue weighted by Crippen LogP contribution is -2.40. The molecule has 1 aliphatic heterocycles. The average Bonchev–Trinajstić information content (AvgIpc) is 2.72. The molecule has 1 heterocycles. The van der Waals surface area contributed by atoms with Gasteiger partial charge in [-0.1, -0.05) is 11.8 Å². The molecule has 1 aliphatic rings. The predicted molar refractivity (Wildman–Crippen MR) is 111 cm³/mol. The first kappa shape index (κ1) is 19.5. The second-order valence-corrected chi connectivity index (χ2v) is 6.58. The maximum Gasteiger partial charge on any atom is 0.254 e. The molecule has 6 nitrogen and oxygen atoms in total. The Hall–Kier alpha value is -3.30. The van der Waals surface area contributed by atoms with Gasteiger partial charge >= 0.3 is 0 Å². The van der Waals surface area contributed by atoms with Crippen molar-refractivity contribution in [2.75, 3.05) is 38.2 Å².